The molecular weight excluding hydrogens is 240 g/mol. The van der Waals surface area contributed by atoms with Crippen LogP contribution >= 0.6 is 23.4 Å². The van der Waals surface area contributed by atoms with E-state index in [1.54, 1.807) is 12.1 Å². The summed E-state index contributed by atoms with van der Waals surface area (Å²) in [6.07, 6.45) is 0. The highest BCUT2D eigenvalue weighted by Crippen LogP contribution is 2.19. The van der Waals surface area contributed by atoms with Crippen LogP contribution in [0.15, 0.2) is 29.3 Å². The summed E-state index contributed by atoms with van der Waals surface area (Å²) in [6.45, 7) is 0.850. The normalized spacial score (nSPS) is 16.6. The van der Waals surface area contributed by atoms with Crippen LogP contribution in [-0.4, -0.2) is 23.1 Å². The summed E-state index contributed by atoms with van der Waals surface area (Å²) >= 11 is 11.5. The molecule has 1 aromatic rings. The maximum atomic E-state index is 12.7. The van der Waals surface area contributed by atoms with E-state index in [1.165, 1.54) is 16.6 Å². The molecule has 0 fully saturated rings. The molecule has 0 aliphatic carbocycles. The van der Waals surface area contributed by atoms with Crippen molar-refractivity contribution >= 4 is 34.4 Å². The maximum Gasteiger partial charge on any atom is 0.212 e. The van der Waals surface area contributed by atoms with E-state index in [0.717, 1.165) is 5.69 Å². The van der Waals surface area contributed by atoms with Crippen molar-refractivity contribution in [2.45, 2.75) is 0 Å². The van der Waals surface area contributed by atoms with Crippen molar-refractivity contribution in [2.24, 2.45) is 4.99 Å². The van der Waals surface area contributed by atoms with Crippen LogP contribution in [0.1, 0.15) is 0 Å². The van der Waals surface area contributed by atoms with Crippen LogP contribution in [0.3, 0.4) is 0 Å². The number of aliphatic imine (C=N–C) groups is 1. The van der Waals surface area contributed by atoms with Crippen molar-refractivity contribution in [3.05, 3.63) is 30.1 Å². The number of benzene rings is 1. The van der Waals surface area contributed by atoms with Gasteiger partial charge in [-0.25, -0.2) is 13.8 Å². The summed E-state index contributed by atoms with van der Waals surface area (Å²) in [4.78, 5) is 5.87. The molecule has 0 saturated carbocycles. The van der Waals surface area contributed by atoms with E-state index in [4.69, 9.17) is 23.4 Å². The lowest BCUT2D eigenvalue weighted by molar-refractivity contribution is 0.586. The van der Waals surface area contributed by atoms with Gasteiger partial charge in [-0.05, 0) is 35.9 Å². The molecule has 0 spiro atoms. The number of hydrogen-bond donors (Lipinski definition) is 0. The fourth-order valence-corrected chi connectivity index (χ4v) is 1.58. The Bertz CT molecular complexity index is 379. The maximum absolute atomic E-state index is 12.7. The molecule has 1 aliphatic heterocycles. The van der Waals surface area contributed by atoms with Gasteiger partial charge < -0.3 is 4.90 Å². The third-order valence-corrected chi connectivity index (χ3v) is 2.74. The van der Waals surface area contributed by atoms with Gasteiger partial charge in [0.05, 0.1) is 0 Å². The van der Waals surface area contributed by atoms with E-state index >= 15 is 0 Å². The van der Waals surface area contributed by atoms with E-state index < -0.39 is 0 Å². The van der Waals surface area contributed by atoms with Crippen LogP contribution < -0.4 is 4.90 Å². The van der Waals surface area contributed by atoms with Gasteiger partial charge in [-0.3, -0.25) is 0 Å². The van der Waals surface area contributed by atoms with Crippen LogP contribution in [0.2, 0.25) is 0 Å². The molecule has 80 valence electrons. The average Bonchev–Trinajstić information content (AvgIpc) is 2.23. The second kappa shape index (κ2) is 4.24. The van der Waals surface area contributed by atoms with E-state index in [1.807, 2.05) is 4.90 Å². The molecule has 1 heterocycles. The molecule has 1 aromatic carbocycles. The fraction of sp³-hybridized carbons (Fsp3) is 0.222. The van der Waals surface area contributed by atoms with E-state index in [-0.39, 0.29) is 11.1 Å². The monoisotopic (exact) mass is 247 g/mol. The Morgan fingerprint density at radius 3 is 2.53 bits per heavy atom. The smallest absolute Gasteiger partial charge is 0.212 e. The molecule has 2 rings (SSSR count). The summed E-state index contributed by atoms with van der Waals surface area (Å²) in [5, 5.41) is 0.273. The number of nitrogens with zero attached hydrogens (tertiary/aromatic N) is 3. The molecule has 3 nitrogen and oxygen atoms in total. The average molecular weight is 248 g/mol. The molecule has 0 amide bonds. The van der Waals surface area contributed by atoms with Gasteiger partial charge in [0.2, 0.25) is 5.29 Å². The minimum atomic E-state index is -0.264. The van der Waals surface area contributed by atoms with Gasteiger partial charge in [-0.2, -0.15) is 0 Å². The van der Waals surface area contributed by atoms with Crippen LogP contribution in [0.5, 0.6) is 0 Å². The largest absolute Gasteiger partial charge is 0.333 e. The van der Waals surface area contributed by atoms with E-state index in [0.29, 0.717) is 13.3 Å². The van der Waals surface area contributed by atoms with Crippen LogP contribution in [-0.2, 0) is 0 Å². The van der Waals surface area contributed by atoms with Gasteiger partial charge in [0, 0.05) is 17.5 Å². The number of anilines is 1. The standard InChI is InChI=1S/C9H8Cl2FN3/c10-9-13-5-14(6-15(9)11)8-3-1-7(12)2-4-8/h1-4H,5-6H2. The molecule has 0 atom stereocenters. The summed E-state index contributed by atoms with van der Waals surface area (Å²) in [6, 6.07) is 6.14. The van der Waals surface area contributed by atoms with Crippen LogP contribution in [0.25, 0.3) is 0 Å². The highest BCUT2D eigenvalue weighted by molar-refractivity contribution is 6.67. The van der Waals surface area contributed by atoms with Crippen LogP contribution in [0.4, 0.5) is 10.1 Å². The Kier molecular flexibility index (Phi) is 2.98. The molecular formula is C9H8Cl2FN3. The van der Waals surface area contributed by atoms with Crippen molar-refractivity contribution in [1.29, 1.82) is 0 Å². The van der Waals surface area contributed by atoms with Gasteiger partial charge in [-0.15, -0.1) is 0 Å². The number of halogens is 3. The quantitative estimate of drug-likeness (QED) is 0.562. The zero-order chi connectivity index (χ0) is 10.8. The zero-order valence-electron chi connectivity index (χ0n) is 7.70. The molecule has 0 bridgehead atoms. The summed E-state index contributed by atoms with van der Waals surface area (Å²) < 4.78 is 14.0. The SMILES string of the molecule is Fc1ccc(N2CN=C(Cl)N(Cl)C2)cc1. The number of rotatable bonds is 1. The first-order valence-corrected chi connectivity index (χ1v) is 5.02. The molecule has 0 radical (unpaired) electrons. The first-order valence-electron chi connectivity index (χ1n) is 4.30. The Labute approximate surface area is 96.8 Å². The lowest BCUT2D eigenvalue weighted by Crippen LogP contribution is -2.39. The molecule has 1 aliphatic rings. The van der Waals surface area contributed by atoms with Gasteiger partial charge in [-0.1, -0.05) is 0 Å². The van der Waals surface area contributed by atoms with Crippen molar-refractivity contribution < 1.29 is 4.39 Å². The summed E-state index contributed by atoms with van der Waals surface area (Å²) in [5.74, 6) is -0.264. The van der Waals surface area contributed by atoms with Gasteiger partial charge in [0.1, 0.15) is 19.2 Å². The highest BCUT2D eigenvalue weighted by atomic mass is 35.5. The van der Waals surface area contributed by atoms with Crippen LogP contribution in [0, 0.1) is 5.82 Å². The third kappa shape index (κ3) is 2.33. The molecule has 0 saturated heterocycles. The topological polar surface area (TPSA) is 18.8 Å². The molecule has 0 unspecified atom stereocenters. The second-order valence-corrected chi connectivity index (χ2v) is 3.83. The summed E-state index contributed by atoms with van der Waals surface area (Å²) in [5.41, 5.74) is 0.856. The zero-order valence-corrected chi connectivity index (χ0v) is 9.21. The predicted molar refractivity (Wildman–Crippen MR) is 59.6 cm³/mol. The minimum absolute atomic E-state index is 0.264. The van der Waals surface area contributed by atoms with Crippen molar-refractivity contribution in [3.63, 3.8) is 0 Å². The molecule has 15 heavy (non-hydrogen) atoms. The molecule has 6 heteroatoms. The second-order valence-electron chi connectivity index (χ2n) is 3.09. The molecule has 0 N–H and O–H groups in total. The van der Waals surface area contributed by atoms with Crippen molar-refractivity contribution in [1.82, 2.24) is 4.42 Å². The number of hydrogen-bond acceptors (Lipinski definition) is 3. The lowest BCUT2D eigenvalue weighted by atomic mass is 10.3. The van der Waals surface area contributed by atoms with E-state index in [2.05, 4.69) is 4.99 Å². The minimum Gasteiger partial charge on any atom is -0.333 e. The van der Waals surface area contributed by atoms with Gasteiger partial charge >= 0.3 is 0 Å². The van der Waals surface area contributed by atoms with Gasteiger partial charge in [0.25, 0.3) is 0 Å². The first-order chi connectivity index (χ1) is 7.16. The lowest BCUT2D eigenvalue weighted by Gasteiger charge is -2.30. The Morgan fingerprint density at radius 1 is 1.27 bits per heavy atom. The van der Waals surface area contributed by atoms with Crippen molar-refractivity contribution in [3.8, 4) is 0 Å². The van der Waals surface area contributed by atoms with E-state index in [9.17, 15) is 4.39 Å². The van der Waals surface area contributed by atoms with Crippen molar-refractivity contribution in [2.75, 3.05) is 18.2 Å². The van der Waals surface area contributed by atoms with Gasteiger partial charge in [0.15, 0.2) is 0 Å². The third-order valence-electron chi connectivity index (χ3n) is 2.06. The number of amidine groups is 1. The predicted octanol–water partition coefficient (Wildman–Crippen LogP) is 2.61. The highest BCUT2D eigenvalue weighted by Gasteiger charge is 2.17. The molecule has 0 aromatic heterocycles. The Morgan fingerprint density at radius 2 is 1.93 bits per heavy atom. The Balaban J connectivity index is 2.16. The fourth-order valence-electron chi connectivity index (χ4n) is 1.29. The first kappa shape index (κ1) is 10.5. The summed E-state index contributed by atoms with van der Waals surface area (Å²) in [7, 11) is 0. The Hall–Kier alpha value is -1.00.